The molecule has 17 heavy (non-hydrogen) atoms. The molecule has 0 aliphatic carbocycles. The van der Waals surface area contributed by atoms with Gasteiger partial charge in [0, 0.05) is 25.8 Å². The summed E-state index contributed by atoms with van der Waals surface area (Å²) in [6.07, 6.45) is -0.389. The van der Waals surface area contributed by atoms with E-state index in [4.69, 9.17) is 0 Å². The predicted octanol–water partition coefficient (Wildman–Crippen LogP) is -0.159. The van der Waals surface area contributed by atoms with Gasteiger partial charge in [0.15, 0.2) is 5.60 Å². The van der Waals surface area contributed by atoms with Gasteiger partial charge >= 0.3 is 6.05 Å². The van der Waals surface area contributed by atoms with Gasteiger partial charge in [-0.15, -0.1) is 0 Å². The fourth-order valence-corrected chi connectivity index (χ4v) is 2.31. The van der Waals surface area contributed by atoms with Crippen molar-refractivity contribution < 1.29 is 23.5 Å². The molecular formula is C10H14F2N2O3. The molecule has 0 radical (unpaired) electrons. The normalized spacial score (nSPS) is 35.4. The summed E-state index contributed by atoms with van der Waals surface area (Å²) in [5.41, 5.74) is -2.34. The number of carbonyl (C=O) groups is 2. The molecule has 7 heteroatoms. The van der Waals surface area contributed by atoms with E-state index >= 15 is 0 Å². The van der Waals surface area contributed by atoms with Crippen molar-refractivity contribution in [3.63, 3.8) is 0 Å². The molecule has 2 heterocycles. The van der Waals surface area contributed by atoms with Gasteiger partial charge < -0.3 is 10.4 Å². The number of amides is 2. The lowest BCUT2D eigenvalue weighted by atomic mass is 9.84. The molecule has 0 aromatic carbocycles. The first-order valence-electron chi connectivity index (χ1n) is 5.53. The lowest BCUT2D eigenvalue weighted by Crippen LogP contribution is -2.68. The monoisotopic (exact) mass is 248 g/mol. The molecule has 0 aromatic heterocycles. The van der Waals surface area contributed by atoms with Crippen molar-refractivity contribution in [3.8, 4) is 0 Å². The molecule has 5 nitrogen and oxygen atoms in total. The summed E-state index contributed by atoms with van der Waals surface area (Å²) in [7, 11) is 0. The highest BCUT2D eigenvalue weighted by Gasteiger charge is 2.68. The number of aliphatic hydroxyl groups is 1. The number of carbonyl (C=O) groups excluding carboxylic acids is 2. The number of rotatable bonds is 2. The van der Waals surface area contributed by atoms with Crippen molar-refractivity contribution in [2.75, 3.05) is 6.54 Å². The molecule has 2 fully saturated rings. The molecular weight excluding hydrogens is 234 g/mol. The van der Waals surface area contributed by atoms with Crippen molar-refractivity contribution in [3.05, 3.63) is 0 Å². The summed E-state index contributed by atoms with van der Waals surface area (Å²) >= 11 is 0. The smallest absolute Gasteiger partial charge is 0.358 e. The average molecular weight is 248 g/mol. The number of β-lactam (4-membered cyclic amide) rings is 1. The van der Waals surface area contributed by atoms with E-state index in [1.165, 1.54) is 6.92 Å². The molecule has 2 N–H and O–H groups in total. The highest BCUT2D eigenvalue weighted by Crippen LogP contribution is 2.45. The Bertz CT molecular complexity index is 367. The molecule has 0 aromatic rings. The Morgan fingerprint density at radius 3 is 2.71 bits per heavy atom. The summed E-state index contributed by atoms with van der Waals surface area (Å²) in [5, 5.41) is 12.3. The molecule has 2 amide bonds. The van der Waals surface area contributed by atoms with Gasteiger partial charge in [-0.2, -0.15) is 8.78 Å². The lowest BCUT2D eigenvalue weighted by molar-refractivity contribution is -0.239. The minimum atomic E-state index is -3.63. The lowest BCUT2D eigenvalue weighted by Gasteiger charge is -2.42. The molecule has 2 rings (SSSR count). The highest BCUT2D eigenvalue weighted by atomic mass is 19.3. The SMILES string of the molecule is CCC(=O)N1CCC(O)(C2CC(=O)N2)C1(F)F. The Balaban J connectivity index is 2.21. The summed E-state index contributed by atoms with van der Waals surface area (Å²) in [6.45, 7) is 1.30. The number of halogens is 2. The number of hydrogen-bond donors (Lipinski definition) is 2. The van der Waals surface area contributed by atoms with Crippen LogP contribution in [0.4, 0.5) is 8.78 Å². The van der Waals surface area contributed by atoms with Gasteiger partial charge in [-0.05, 0) is 0 Å². The topological polar surface area (TPSA) is 69.6 Å². The van der Waals surface area contributed by atoms with Gasteiger partial charge in [-0.3, -0.25) is 14.5 Å². The van der Waals surface area contributed by atoms with Crippen LogP contribution in [0, 0.1) is 0 Å². The van der Waals surface area contributed by atoms with Gasteiger partial charge in [0.1, 0.15) is 0 Å². The van der Waals surface area contributed by atoms with E-state index in [9.17, 15) is 23.5 Å². The summed E-state index contributed by atoms with van der Waals surface area (Å²) in [6, 6.07) is -4.60. The predicted molar refractivity (Wildman–Crippen MR) is 53.1 cm³/mol. The second-order valence-electron chi connectivity index (χ2n) is 4.44. The molecule has 2 unspecified atom stereocenters. The summed E-state index contributed by atoms with van der Waals surface area (Å²) in [5.74, 6) is -1.06. The van der Waals surface area contributed by atoms with Gasteiger partial charge in [0.05, 0.1) is 6.04 Å². The van der Waals surface area contributed by atoms with E-state index < -0.39 is 23.6 Å². The number of nitrogens with one attached hydrogen (secondary N) is 1. The third kappa shape index (κ3) is 1.52. The molecule has 0 saturated carbocycles. The van der Waals surface area contributed by atoms with Crippen molar-refractivity contribution in [2.45, 2.75) is 43.9 Å². The maximum absolute atomic E-state index is 14.0. The maximum atomic E-state index is 14.0. The number of likely N-dealkylation sites (tertiary alicyclic amines) is 1. The Kier molecular flexibility index (Phi) is 2.61. The van der Waals surface area contributed by atoms with Crippen molar-refractivity contribution in [1.29, 1.82) is 0 Å². The summed E-state index contributed by atoms with van der Waals surface area (Å²) < 4.78 is 28.0. The Hall–Kier alpha value is -1.24. The maximum Gasteiger partial charge on any atom is 0.358 e. The third-order valence-electron chi connectivity index (χ3n) is 3.48. The molecule has 2 aliphatic rings. The third-order valence-corrected chi connectivity index (χ3v) is 3.48. The van der Waals surface area contributed by atoms with Crippen LogP contribution in [-0.4, -0.2) is 46.1 Å². The average Bonchev–Trinajstić information content (AvgIpc) is 2.46. The fourth-order valence-electron chi connectivity index (χ4n) is 2.31. The molecule has 2 aliphatic heterocycles. The zero-order valence-electron chi connectivity index (χ0n) is 9.37. The van der Waals surface area contributed by atoms with Crippen molar-refractivity contribution >= 4 is 11.8 Å². The number of nitrogens with zero attached hydrogens (tertiary/aromatic N) is 1. The molecule has 2 saturated heterocycles. The van der Waals surface area contributed by atoms with Gasteiger partial charge in [-0.25, -0.2) is 0 Å². The van der Waals surface area contributed by atoms with Crippen LogP contribution in [0.3, 0.4) is 0 Å². The zero-order valence-corrected chi connectivity index (χ0v) is 9.37. The quantitative estimate of drug-likeness (QED) is 0.527. The van der Waals surface area contributed by atoms with Crippen LogP contribution in [-0.2, 0) is 9.59 Å². The van der Waals surface area contributed by atoms with E-state index in [1.54, 1.807) is 0 Å². The van der Waals surface area contributed by atoms with Gasteiger partial charge in [-0.1, -0.05) is 6.92 Å². The first-order valence-corrected chi connectivity index (χ1v) is 5.53. The van der Waals surface area contributed by atoms with Crippen molar-refractivity contribution in [1.82, 2.24) is 10.2 Å². The van der Waals surface area contributed by atoms with Crippen LogP contribution in [0.25, 0.3) is 0 Å². The summed E-state index contributed by atoms with van der Waals surface area (Å²) in [4.78, 5) is 22.5. The van der Waals surface area contributed by atoms with Crippen LogP contribution in [0.5, 0.6) is 0 Å². The molecule has 2 atom stereocenters. The first kappa shape index (κ1) is 12.2. The minimum Gasteiger partial charge on any atom is -0.379 e. The van der Waals surface area contributed by atoms with E-state index in [2.05, 4.69) is 5.32 Å². The molecule has 0 bridgehead atoms. The highest BCUT2D eigenvalue weighted by molar-refractivity contribution is 5.83. The van der Waals surface area contributed by atoms with Crippen LogP contribution >= 0.6 is 0 Å². The molecule has 0 spiro atoms. The van der Waals surface area contributed by atoms with Crippen LogP contribution < -0.4 is 5.32 Å². The minimum absolute atomic E-state index is 0.0390. The van der Waals surface area contributed by atoms with E-state index in [1.807, 2.05) is 0 Å². The van der Waals surface area contributed by atoms with Gasteiger partial charge in [0.25, 0.3) is 0 Å². The van der Waals surface area contributed by atoms with Crippen LogP contribution in [0.15, 0.2) is 0 Å². The van der Waals surface area contributed by atoms with Crippen LogP contribution in [0.1, 0.15) is 26.2 Å². The Labute approximate surface area is 96.8 Å². The second-order valence-corrected chi connectivity index (χ2v) is 4.44. The van der Waals surface area contributed by atoms with Crippen molar-refractivity contribution in [2.24, 2.45) is 0 Å². The second kappa shape index (κ2) is 3.63. The fraction of sp³-hybridized carbons (Fsp3) is 0.800. The number of hydrogen-bond acceptors (Lipinski definition) is 3. The van der Waals surface area contributed by atoms with E-state index in [0.717, 1.165) is 0 Å². The Morgan fingerprint density at radius 2 is 2.24 bits per heavy atom. The number of alkyl halides is 2. The standard InChI is InChI=1S/C10H14F2N2O3/c1-2-8(16)14-4-3-9(17,10(14,11)12)6-5-7(15)13-6/h6,17H,2-5H2,1H3,(H,13,15). The van der Waals surface area contributed by atoms with E-state index in [-0.39, 0.29) is 31.7 Å². The molecule has 96 valence electrons. The zero-order chi connectivity index (χ0) is 12.8. The largest absolute Gasteiger partial charge is 0.379 e. The van der Waals surface area contributed by atoms with E-state index in [0.29, 0.717) is 4.90 Å². The Morgan fingerprint density at radius 1 is 1.65 bits per heavy atom. The first-order chi connectivity index (χ1) is 7.83. The van der Waals surface area contributed by atoms with Crippen LogP contribution in [0.2, 0.25) is 0 Å². The van der Waals surface area contributed by atoms with Gasteiger partial charge in [0.2, 0.25) is 11.8 Å².